The molecule has 6 aromatic carbocycles. The summed E-state index contributed by atoms with van der Waals surface area (Å²) in [6, 6.07) is 54.0. The summed E-state index contributed by atoms with van der Waals surface area (Å²) in [5.74, 6) is 0. The Morgan fingerprint density at radius 1 is 0.589 bits per heavy atom. The third-order valence-electron chi connectivity index (χ3n) is 12.6. The summed E-state index contributed by atoms with van der Waals surface area (Å²) in [5.41, 5.74) is 18.2. The van der Waals surface area contributed by atoms with Crippen LogP contribution in [0.25, 0.3) is 17.7 Å². The summed E-state index contributed by atoms with van der Waals surface area (Å²) in [7, 11) is 0. The number of fused-ring (bicyclic) bond motifs is 4. The summed E-state index contributed by atoms with van der Waals surface area (Å²) < 4.78 is 0. The fourth-order valence-electron chi connectivity index (χ4n) is 9.41. The van der Waals surface area contributed by atoms with Gasteiger partial charge in [-0.15, -0.1) is 0 Å². The molecule has 0 aromatic heterocycles. The molecule has 0 fully saturated rings. The van der Waals surface area contributed by atoms with Crippen molar-refractivity contribution in [1.82, 2.24) is 0 Å². The molecule has 0 spiro atoms. The highest BCUT2D eigenvalue weighted by molar-refractivity contribution is 5.90. The number of anilines is 5. The van der Waals surface area contributed by atoms with Crippen LogP contribution in [-0.2, 0) is 16.2 Å². The number of hydrogen-bond acceptors (Lipinski definition) is 2. The number of rotatable bonds is 6. The van der Waals surface area contributed by atoms with Gasteiger partial charge in [0.05, 0.1) is 17.4 Å². The maximum atomic E-state index is 2.49. The fourth-order valence-corrected chi connectivity index (χ4v) is 9.41. The topological polar surface area (TPSA) is 6.48 Å². The average Bonchev–Trinajstić information content (AvgIpc) is 3.43. The van der Waals surface area contributed by atoms with E-state index >= 15 is 0 Å². The Morgan fingerprint density at radius 2 is 1.16 bits per heavy atom. The lowest BCUT2D eigenvalue weighted by Gasteiger charge is -2.42. The Hall–Kier alpha value is -5.86. The van der Waals surface area contributed by atoms with Crippen molar-refractivity contribution in [1.29, 1.82) is 0 Å². The Balaban J connectivity index is 1.01. The molecule has 9 rings (SSSR count). The molecule has 0 bridgehead atoms. The highest BCUT2D eigenvalue weighted by atomic mass is 15.2. The van der Waals surface area contributed by atoms with Crippen molar-refractivity contribution in [3.8, 4) is 0 Å². The predicted octanol–water partition coefficient (Wildman–Crippen LogP) is 14.5. The van der Waals surface area contributed by atoms with E-state index < -0.39 is 0 Å². The van der Waals surface area contributed by atoms with Crippen molar-refractivity contribution in [2.75, 3.05) is 9.80 Å². The number of hydrogen-bond donors (Lipinski definition) is 0. The SMILES string of the molecule is CC(C)(C)c1ccc(N2c3ccccc3C(C)(C)c3cc(/C=C/c4ccc5c(c4)C(C)(C)C4=C5C=CC(N(c5ccccc5)c5ccccc5)C4)ccc32)cc1. The van der Waals surface area contributed by atoms with Crippen molar-refractivity contribution in [2.24, 2.45) is 0 Å². The van der Waals surface area contributed by atoms with Crippen LogP contribution in [0.3, 0.4) is 0 Å². The van der Waals surface area contributed by atoms with E-state index in [9.17, 15) is 0 Å². The molecule has 2 nitrogen and oxygen atoms in total. The average molecular weight is 729 g/mol. The molecule has 6 aromatic rings. The van der Waals surface area contributed by atoms with Crippen molar-refractivity contribution >= 4 is 46.2 Å². The lowest BCUT2D eigenvalue weighted by molar-refractivity contribution is 0.585. The number of nitrogens with zero attached hydrogens (tertiary/aromatic N) is 2. The molecule has 0 saturated heterocycles. The molecule has 0 N–H and O–H groups in total. The second-order valence-corrected chi connectivity index (χ2v) is 17.9. The van der Waals surface area contributed by atoms with Gasteiger partial charge in [0.1, 0.15) is 0 Å². The van der Waals surface area contributed by atoms with Crippen molar-refractivity contribution in [3.63, 3.8) is 0 Å². The highest BCUT2D eigenvalue weighted by Crippen LogP contribution is 2.53. The van der Waals surface area contributed by atoms with Crippen molar-refractivity contribution in [2.45, 2.75) is 77.2 Å². The van der Waals surface area contributed by atoms with Gasteiger partial charge < -0.3 is 9.80 Å². The first kappa shape index (κ1) is 35.8. The molecule has 278 valence electrons. The maximum Gasteiger partial charge on any atom is 0.0563 e. The van der Waals surface area contributed by atoms with Gasteiger partial charge in [0.15, 0.2) is 0 Å². The van der Waals surface area contributed by atoms with Gasteiger partial charge in [-0.1, -0.05) is 164 Å². The van der Waals surface area contributed by atoms with E-state index in [1.165, 1.54) is 78.5 Å². The zero-order chi connectivity index (χ0) is 38.8. The lowest BCUT2D eigenvalue weighted by Crippen LogP contribution is -2.33. The van der Waals surface area contributed by atoms with E-state index in [1.54, 1.807) is 0 Å². The molecule has 3 aliphatic rings. The van der Waals surface area contributed by atoms with Gasteiger partial charge in [0.2, 0.25) is 0 Å². The fraction of sp³-hybridized carbons (Fsp3) is 0.222. The maximum absolute atomic E-state index is 2.49. The van der Waals surface area contributed by atoms with Crippen LogP contribution in [0.2, 0.25) is 0 Å². The summed E-state index contributed by atoms with van der Waals surface area (Å²) >= 11 is 0. The number of allylic oxidation sites excluding steroid dienone is 2. The van der Waals surface area contributed by atoms with Crippen LogP contribution in [0.4, 0.5) is 28.4 Å². The molecule has 1 unspecified atom stereocenters. The van der Waals surface area contributed by atoms with Crippen LogP contribution in [0, 0.1) is 0 Å². The minimum absolute atomic E-state index is 0.0750. The van der Waals surface area contributed by atoms with Gasteiger partial charge in [-0.3, -0.25) is 0 Å². The second-order valence-electron chi connectivity index (χ2n) is 17.9. The quantitative estimate of drug-likeness (QED) is 0.158. The van der Waals surface area contributed by atoms with Crippen molar-refractivity contribution < 1.29 is 0 Å². The van der Waals surface area contributed by atoms with Crippen LogP contribution in [0.1, 0.15) is 93.8 Å². The second kappa shape index (κ2) is 13.4. The molecule has 0 amide bonds. The van der Waals surface area contributed by atoms with Crippen LogP contribution in [-0.4, -0.2) is 6.04 Å². The minimum atomic E-state index is -0.151. The minimum Gasteiger partial charge on any atom is -0.334 e. The van der Waals surface area contributed by atoms with E-state index in [0.29, 0.717) is 0 Å². The zero-order valence-corrected chi connectivity index (χ0v) is 33.8. The molecule has 1 aliphatic heterocycles. The van der Waals surface area contributed by atoms with Gasteiger partial charge in [-0.2, -0.15) is 0 Å². The summed E-state index contributed by atoms with van der Waals surface area (Å²) in [5, 5.41) is 0. The largest absolute Gasteiger partial charge is 0.334 e. The third kappa shape index (κ3) is 6.03. The van der Waals surface area contributed by atoms with Gasteiger partial charge in [0, 0.05) is 27.9 Å². The van der Waals surface area contributed by atoms with Gasteiger partial charge in [-0.05, 0) is 117 Å². The monoisotopic (exact) mass is 728 g/mol. The first-order chi connectivity index (χ1) is 26.9. The third-order valence-corrected chi connectivity index (χ3v) is 12.6. The molecule has 0 saturated carbocycles. The van der Waals surface area contributed by atoms with Gasteiger partial charge in [0.25, 0.3) is 0 Å². The van der Waals surface area contributed by atoms with Crippen LogP contribution in [0.15, 0.2) is 163 Å². The molecule has 2 heteroatoms. The first-order valence-corrected chi connectivity index (χ1v) is 20.2. The van der Waals surface area contributed by atoms with E-state index in [2.05, 4.69) is 228 Å². The van der Waals surface area contributed by atoms with Crippen molar-refractivity contribution in [3.05, 3.63) is 202 Å². The predicted molar refractivity (Wildman–Crippen MR) is 240 cm³/mol. The molecule has 2 aliphatic carbocycles. The molecular weight excluding hydrogens is 677 g/mol. The Kier molecular flexibility index (Phi) is 8.58. The normalized spacial score (nSPS) is 17.7. The number of benzene rings is 6. The lowest BCUT2D eigenvalue weighted by atomic mass is 9.73. The van der Waals surface area contributed by atoms with Crippen LogP contribution >= 0.6 is 0 Å². The van der Waals surface area contributed by atoms with E-state index in [1.807, 2.05) is 0 Å². The molecule has 1 atom stereocenters. The number of para-hydroxylation sites is 3. The smallest absolute Gasteiger partial charge is 0.0563 e. The molecule has 1 heterocycles. The zero-order valence-electron chi connectivity index (χ0n) is 33.8. The molecule has 56 heavy (non-hydrogen) atoms. The molecular formula is C54H52N2. The first-order valence-electron chi connectivity index (χ1n) is 20.2. The van der Waals surface area contributed by atoms with Gasteiger partial charge >= 0.3 is 0 Å². The summed E-state index contributed by atoms with van der Waals surface area (Å²) in [4.78, 5) is 4.94. The van der Waals surface area contributed by atoms with E-state index in [-0.39, 0.29) is 22.3 Å². The summed E-state index contributed by atoms with van der Waals surface area (Å²) in [6.45, 7) is 16.4. The van der Waals surface area contributed by atoms with Gasteiger partial charge in [-0.25, -0.2) is 0 Å². The summed E-state index contributed by atoms with van der Waals surface area (Å²) in [6.07, 6.45) is 10.4. The molecule has 0 radical (unpaired) electrons. The Morgan fingerprint density at radius 3 is 1.80 bits per heavy atom. The Labute approximate surface area is 334 Å². The van der Waals surface area contributed by atoms with E-state index in [0.717, 1.165) is 6.42 Å². The standard InChI is InChI=1S/C54H52N2/c1-52(2,3)39-26-28-42(29-27-39)56-50-21-15-14-20-46(50)53(4,5)49-35-38(25-33-51(49)56)23-22-37-24-31-44-45-32-30-43(36-48(45)54(6,7)47(44)34-37)55(40-16-10-8-11-17-40)41-18-12-9-13-19-41/h8-35,43H,36H2,1-7H3/b23-22+. The van der Waals surface area contributed by atoms with Crippen LogP contribution < -0.4 is 9.80 Å². The highest BCUT2D eigenvalue weighted by Gasteiger charge is 2.41. The van der Waals surface area contributed by atoms with Crippen LogP contribution in [0.5, 0.6) is 0 Å². The Bertz CT molecular complexity index is 2490. The van der Waals surface area contributed by atoms with E-state index in [4.69, 9.17) is 0 Å².